The minimum absolute atomic E-state index is 0.395. The number of rotatable bonds is 2. The first-order chi connectivity index (χ1) is 6.09. The van der Waals surface area contributed by atoms with Crippen LogP contribution in [-0.4, -0.2) is 23.0 Å². The standard InChI is InChI=1S/C8H9BrN2O2/c1-8(9,7(12)13-2)6-5-10-3-4-11-6/h3-5H,1-2H3/t8-/m0/s1. The highest BCUT2D eigenvalue weighted by Gasteiger charge is 2.34. The number of alkyl halides is 1. The molecule has 0 bridgehead atoms. The molecule has 0 radical (unpaired) electrons. The van der Waals surface area contributed by atoms with Crippen LogP contribution in [0.5, 0.6) is 0 Å². The molecule has 1 heterocycles. The summed E-state index contributed by atoms with van der Waals surface area (Å²) in [5.74, 6) is -0.395. The monoisotopic (exact) mass is 244 g/mol. The highest BCUT2D eigenvalue weighted by Crippen LogP contribution is 2.29. The molecular weight excluding hydrogens is 236 g/mol. The predicted molar refractivity (Wildman–Crippen MR) is 50.3 cm³/mol. The van der Waals surface area contributed by atoms with Gasteiger partial charge < -0.3 is 4.74 Å². The van der Waals surface area contributed by atoms with Crippen LogP contribution < -0.4 is 0 Å². The second kappa shape index (κ2) is 3.83. The maximum absolute atomic E-state index is 11.3. The van der Waals surface area contributed by atoms with Crippen LogP contribution in [0.25, 0.3) is 0 Å². The number of methoxy groups -OCH3 is 1. The van der Waals surface area contributed by atoms with E-state index in [1.165, 1.54) is 19.5 Å². The molecule has 0 N–H and O–H groups in total. The smallest absolute Gasteiger partial charge is 0.328 e. The zero-order valence-electron chi connectivity index (χ0n) is 7.32. The number of carbonyl (C=O) groups is 1. The Morgan fingerprint density at radius 2 is 2.31 bits per heavy atom. The van der Waals surface area contributed by atoms with Crippen LogP contribution in [0.1, 0.15) is 12.6 Å². The van der Waals surface area contributed by atoms with Gasteiger partial charge in [0.25, 0.3) is 0 Å². The van der Waals surface area contributed by atoms with E-state index in [2.05, 4.69) is 30.6 Å². The fraction of sp³-hybridized carbons (Fsp3) is 0.375. The van der Waals surface area contributed by atoms with E-state index in [0.29, 0.717) is 5.69 Å². The molecule has 0 aliphatic heterocycles. The number of carbonyl (C=O) groups excluding carboxylic acids is 1. The van der Waals surface area contributed by atoms with Gasteiger partial charge in [-0.3, -0.25) is 14.8 Å². The molecule has 1 atom stereocenters. The van der Waals surface area contributed by atoms with Gasteiger partial charge in [0.1, 0.15) is 0 Å². The van der Waals surface area contributed by atoms with Crippen LogP contribution in [0.15, 0.2) is 18.6 Å². The molecule has 1 aromatic rings. The van der Waals surface area contributed by atoms with E-state index >= 15 is 0 Å². The average Bonchev–Trinajstić information content (AvgIpc) is 2.18. The third-order valence-electron chi connectivity index (χ3n) is 1.61. The number of aromatic nitrogens is 2. The summed E-state index contributed by atoms with van der Waals surface area (Å²) in [6.07, 6.45) is 4.59. The molecule has 0 aromatic carbocycles. The Kier molecular flexibility index (Phi) is 2.98. The summed E-state index contributed by atoms with van der Waals surface area (Å²) >= 11 is 3.24. The lowest BCUT2D eigenvalue weighted by Crippen LogP contribution is -2.28. The summed E-state index contributed by atoms with van der Waals surface area (Å²) in [7, 11) is 1.33. The number of esters is 1. The van der Waals surface area contributed by atoms with E-state index in [4.69, 9.17) is 0 Å². The maximum atomic E-state index is 11.3. The van der Waals surface area contributed by atoms with Gasteiger partial charge in [0.2, 0.25) is 0 Å². The van der Waals surface area contributed by atoms with Crippen LogP contribution in [-0.2, 0) is 13.9 Å². The van der Waals surface area contributed by atoms with Crippen molar-refractivity contribution in [2.75, 3.05) is 7.11 Å². The van der Waals surface area contributed by atoms with Gasteiger partial charge in [0.15, 0.2) is 4.32 Å². The van der Waals surface area contributed by atoms with Crippen molar-refractivity contribution in [3.05, 3.63) is 24.3 Å². The summed E-state index contributed by atoms with van der Waals surface area (Å²) < 4.78 is 3.70. The molecule has 0 saturated heterocycles. The fourth-order valence-corrected chi connectivity index (χ4v) is 1.20. The molecule has 1 rings (SSSR count). The lowest BCUT2D eigenvalue weighted by Gasteiger charge is -2.17. The van der Waals surface area contributed by atoms with E-state index in [0.717, 1.165) is 0 Å². The van der Waals surface area contributed by atoms with Crippen molar-refractivity contribution in [1.29, 1.82) is 0 Å². The fourth-order valence-electron chi connectivity index (χ4n) is 0.838. The summed E-state index contributed by atoms with van der Waals surface area (Å²) in [6.45, 7) is 1.67. The Morgan fingerprint density at radius 3 is 2.77 bits per heavy atom. The first kappa shape index (κ1) is 10.1. The summed E-state index contributed by atoms with van der Waals surface area (Å²) in [5.41, 5.74) is 0.529. The molecule has 13 heavy (non-hydrogen) atoms. The lowest BCUT2D eigenvalue weighted by atomic mass is 10.1. The highest BCUT2D eigenvalue weighted by molar-refractivity contribution is 9.10. The molecule has 0 amide bonds. The van der Waals surface area contributed by atoms with Crippen LogP contribution in [0.2, 0.25) is 0 Å². The van der Waals surface area contributed by atoms with Gasteiger partial charge in [-0.2, -0.15) is 0 Å². The Hall–Kier alpha value is -0.970. The van der Waals surface area contributed by atoms with E-state index in [9.17, 15) is 4.79 Å². The van der Waals surface area contributed by atoms with Crippen molar-refractivity contribution >= 4 is 21.9 Å². The molecule has 70 valence electrons. The van der Waals surface area contributed by atoms with Crippen LogP contribution in [0, 0.1) is 0 Å². The SMILES string of the molecule is COC(=O)[C@@](C)(Br)c1cnccn1. The Balaban J connectivity index is 3.00. The molecule has 5 heteroatoms. The molecular formula is C8H9BrN2O2. The third-order valence-corrected chi connectivity index (χ3v) is 2.34. The van der Waals surface area contributed by atoms with E-state index < -0.39 is 10.3 Å². The van der Waals surface area contributed by atoms with Gasteiger partial charge in [-0.15, -0.1) is 0 Å². The number of hydrogen-bond donors (Lipinski definition) is 0. The number of ether oxygens (including phenoxy) is 1. The predicted octanol–water partition coefficient (Wildman–Crippen LogP) is 1.26. The van der Waals surface area contributed by atoms with Crippen molar-refractivity contribution in [3.63, 3.8) is 0 Å². The largest absolute Gasteiger partial charge is 0.468 e. The quantitative estimate of drug-likeness (QED) is 0.581. The van der Waals surface area contributed by atoms with Crippen LogP contribution >= 0.6 is 15.9 Å². The van der Waals surface area contributed by atoms with Crippen molar-refractivity contribution < 1.29 is 9.53 Å². The van der Waals surface area contributed by atoms with Gasteiger partial charge in [0, 0.05) is 12.4 Å². The van der Waals surface area contributed by atoms with Crippen molar-refractivity contribution in [1.82, 2.24) is 9.97 Å². The van der Waals surface area contributed by atoms with Crippen molar-refractivity contribution in [2.45, 2.75) is 11.2 Å². The summed E-state index contributed by atoms with van der Waals surface area (Å²) in [5, 5.41) is 0. The van der Waals surface area contributed by atoms with Gasteiger partial charge in [-0.05, 0) is 6.92 Å². The molecule has 0 saturated carbocycles. The summed E-state index contributed by atoms with van der Waals surface area (Å²) in [6, 6.07) is 0. The molecule has 0 fully saturated rings. The van der Waals surface area contributed by atoms with E-state index in [-0.39, 0.29) is 0 Å². The zero-order valence-corrected chi connectivity index (χ0v) is 8.91. The van der Waals surface area contributed by atoms with E-state index in [1.807, 2.05) is 0 Å². The van der Waals surface area contributed by atoms with Gasteiger partial charge in [-0.1, -0.05) is 15.9 Å². The summed E-state index contributed by atoms with van der Waals surface area (Å²) in [4.78, 5) is 19.2. The van der Waals surface area contributed by atoms with E-state index in [1.54, 1.807) is 13.1 Å². The average molecular weight is 245 g/mol. The first-order valence-corrected chi connectivity index (χ1v) is 4.42. The Morgan fingerprint density at radius 1 is 1.62 bits per heavy atom. The number of hydrogen-bond acceptors (Lipinski definition) is 4. The normalized spacial score (nSPS) is 14.7. The Bertz CT molecular complexity index is 300. The molecule has 0 unspecified atom stereocenters. The number of halogens is 1. The first-order valence-electron chi connectivity index (χ1n) is 3.63. The second-order valence-corrected chi connectivity index (χ2v) is 4.17. The third kappa shape index (κ3) is 2.03. The second-order valence-electron chi connectivity index (χ2n) is 2.59. The topological polar surface area (TPSA) is 52.1 Å². The lowest BCUT2D eigenvalue weighted by molar-refractivity contribution is -0.143. The molecule has 0 spiro atoms. The highest BCUT2D eigenvalue weighted by atomic mass is 79.9. The minimum Gasteiger partial charge on any atom is -0.468 e. The molecule has 0 aliphatic rings. The minimum atomic E-state index is -0.921. The van der Waals surface area contributed by atoms with Crippen molar-refractivity contribution in [3.8, 4) is 0 Å². The van der Waals surface area contributed by atoms with Gasteiger partial charge >= 0.3 is 5.97 Å². The molecule has 1 aromatic heterocycles. The number of nitrogens with zero attached hydrogens (tertiary/aromatic N) is 2. The molecule has 0 aliphatic carbocycles. The van der Waals surface area contributed by atoms with Crippen LogP contribution in [0.4, 0.5) is 0 Å². The van der Waals surface area contributed by atoms with Crippen LogP contribution in [0.3, 0.4) is 0 Å². The van der Waals surface area contributed by atoms with Gasteiger partial charge in [-0.25, -0.2) is 0 Å². The zero-order chi connectivity index (χ0) is 9.90. The van der Waals surface area contributed by atoms with Gasteiger partial charge in [0.05, 0.1) is 19.0 Å². The van der Waals surface area contributed by atoms with Crippen molar-refractivity contribution in [2.24, 2.45) is 0 Å². The molecule has 4 nitrogen and oxygen atoms in total. The Labute approximate surface area is 84.5 Å². The maximum Gasteiger partial charge on any atom is 0.328 e.